The fraction of sp³-hybridized carbons (Fsp3) is 0.529. The number of carbonyl (C=O) groups excluding carboxylic acids is 2. The number of methoxy groups -OCH3 is 1. The molecule has 1 saturated heterocycles. The number of halogens is 1. The van der Waals surface area contributed by atoms with Gasteiger partial charge in [-0.1, -0.05) is 19.1 Å². The number of nitrogens with one attached hydrogen (secondary N) is 2. The minimum atomic E-state index is -0.403. The maximum atomic E-state index is 12.4. The molecule has 0 radical (unpaired) electrons. The zero-order valence-corrected chi connectivity index (χ0v) is 15.2. The van der Waals surface area contributed by atoms with Gasteiger partial charge in [-0.15, -0.1) is 12.4 Å². The molecule has 134 valence electrons. The monoisotopic (exact) mass is 355 g/mol. The Balaban J connectivity index is 0.00000288. The normalized spacial score (nSPS) is 18.0. The SMILES string of the molecule is CNCC(C)C(=O)NC1CCN(Cc2ccc(OC)cc2)C1=O.Cl. The van der Waals surface area contributed by atoms with Crippen LogP contribution in [0.2, 0.25) is 0 Å². The molecular weight excluding hydrogens is 330 g/mol. The second-order valence-corrected chi connectivity index (χ2v) is 5.92. The van der Waals surface area contributed by atoms with E-state index in [1.165, 1.54) is 0 Å². The van der Waals surface area contributed by atoms with Crippen molar-refractivity contribution in [2.45, 2.75) is 25.9 Å². The molecule has 7 heteroatoms. The maximum absolute atomic E-state index is 12.4. The molecule has 1 aromatic rings. The summed E-state index contributed by atoms with van der Waals surface area (Å²) >= 11 is 0. The van der Waals surface area contributed by atoms with Crippen molar-refractivity contribution in [2.75, 3.05) is 27.2 Å². The second-order valence-electron chi connectivity index (χ2n) is 5.92. The second kappa shape index (κ2) is 9.49. The lowest BCUT2D eigenvalue weighted by Crippen LogP contribution is -2.44. The predicted octanol–water partition coefficient (Wildman–Crippen LogP) is 1.19. The van der Waals surface area contributed by atoms with Crippen LogP contribution in [0.4, 0.5) is 0 Å². The van der Waals surface area contributed by atoms with Gasteiger partial charge in [0.2, 0.25) is 11.8 Å². The molecule has 2 unspecified atom stereocenters. The highest BCUT2D eigenvalue weighted by Gasteiger charge is 2.33. The number of rotatable bonds is 7. The van der Waals surface area contributed by atoms with Crippen molar-refractivity contribution in [3.63, 3.8) is 0 Å². The summed E-state index contributed by atoms with van der Waals surface area (Å²) in [4.78, 5) is 26.2. The molecular formula is C17H26ClN3O3. The summed E-state index contributed by atoms with van der Waals surface area (Å²) in [6.07, 6.45) is 0.660. The van der Waals surface area contributed by atoms with Gasteiger partial charge in [-0.25, -0.2) is 0 Å². The third kappa shape index (κ3) is 5.11. The van der Waals surface area contributed by atoms with E-state index >= 15 is 0 Å². The molecule has 0 aromatic heterocycles. The quantitative estimate of drug-likeness (QED) is 0.770. The van der Waals surface area contributed by atoms with Crippen LogP contribution in [0, 0.1) is 5.92 Å². The standard InChI is InChI=1S/C17H25N3O3.ClH/c1-12(10-18-2)16(21)19-15-8-9-20(17(15)22)11-13-4-6-14(23-3)7-5-13;/h4-7,12,15,18H,8-11H2,1-3H3,(H,19,21);1H. The molecule has 1 aliphatic heterocycles. The predicted molar refractivity (Wildman–Crippen MR) is 95.3 cm³/mol. The lowest BCUT2D eigenvalue weighted by Gasteiger charge is -2.18. The number of hydrogen-bond acceptors (Lipinski definition) is 4. The Bertz CT molecular complexity index is 551. The van der Waals surface area contributed by atoms with Crippen molar-refractivity contribution in [1.29, 1.82) is 0 Å². The lowest BCUT2D eigenvalue weighted by molar-refractivity contribution is -0.134. The fourth-order valence-corrected chi connectivity index (χ4v) is 2.69. The highest BCUT2D eigenvalue weighted by molar-refractivity contribution is 5.89. The van der Waals surface area contributed by atoms with E-state index in [4.69, 9.17) is 4.74 Å². The first kappa shape index (κ1) is 20.3. The molecule has 0 bridgehead atoms. The van der Waals surface area contributed by atoms with Crippen LogP contribution >= 0.6 is 12.4 Å². The van der Waals surface area contributed by atoms with Crippen LogP contribution in [-0.4, -0.2) is 50.0 Å². The van der Waals surface area contributed by atoms with Crippen LogP contribution < -0.4 is 15.4 Å². The van der Waals surface area contributed by atoms with Gasteiger partial charge in [-0.2, -0.15) is 0 Å². The smallest absolute Gasteiger partial charge is 0.245 e. The number of hydrogen-bond donors (Lipinski definition) is 2. The Labute approximate surface area is 149 Å². The Morgan fingerprint density at radius 3 is 2.62 bits per heavy atom. The molecule has 1 heterocycles. The van der Waals surface area contributed by atoms with E-state index in [1.807, 2.05) is 31.2 Å². The molecule has 0 spiro atoms. The van der Waals surface area contributed by atoms with Gasteiger partial charge < -0.3 is 20.3 Å². The largest absolute Gasteiger partial charge is 0.497 e. The molecule has 1 aromatic carbocycles. The fourth-order valence-electron chi connectivity index (χ4n) is 2.69. The van der Waals surface area contributed by atoms with E-state index in [-0.39, 0.29) is 30.1 Å². The number of carbonyl (C=O) groups is 2. The third-order valence-corrected chi connectivity index (χ3v) is 4.10. The average molecular weight is 356 g/mol. The summed E-state index contributed by atoms with van der Waals surface area (Å²) < 4.78 is 5.13. The van der Waals surface area contributed by atoms with E-state index in [1.54, 1.807) is 19.1 Å². The summed E-state index contributed by atoms with van der Waals surface area (Å²) in [6, 6.07) is 7.27. The molecule has 1 aliphatic rings. The van der Waals surface area contributed by atoms with Gasteiger partial charge in [0, 0.05) is 25.6 Å². The van der Waals surface area contributed by atoms with Crippen molar-refractivity contribution in [3.8, 4) is 5.75 Å². The van der Waals surface area contributed by atoms with Crippen LogP contribution in [0.5, 0.6) is 5.75 Å². The van der Waals surface area contributed by atoms with Crippen LogP contribution in [0.3, 0.4) is 0 Å². The molecule has 6 nitrogen and oxygen atoms in total. The van der Waals surface area contributed by atoms with E-state index in [2.05, 4.69) is 10.6 Å². The molecule has 2 N–H and O–H groups in total. The Kier molecular flexibility index (Phi) is 8.01. The van der Waals surface area contributed by atoms with Gasteiger partial charge in [0.15, 0.2) is 0 Å². The maximum Gasteiger partial charge on any atom is 0.245 e. The van der Waals surface area contributed by atoms with E-state index in [0.717, 1.165) is 11.3 Å². The summed E-state index contributed by atoms with van der Waals surface area (Å²) in [7, 11) is 3.43. The molecule has 2 rings (SSSR count). The number of nitrogens with zero attached hydrogens (tertiary/aromatic N) is 1. The Morgan fingerprint density at radius 1 is 1.38 bits per heavy atom. The van der Waals surface area contributed by atoms with Gasteiger partial charge in [0.1, 0.15) is 11.8 Å². The van der Waals surface area contributed by atoms with Crippen LogP contribution in [0.15, 0.2) is 24.3 Å². The van der Waals surface area contributed by atoms with Crippen molar-refractivity contribution in [2.24, 2.45) is 5.92 Å². The molecule has 24 heavy (non-hydrogen) atoms. The van der Waals surface area contributed by atoms with E-state index in [9.17, 15) is 9.59 Å². The summed E-state index contributed by atoms with van der Waals surface area (Å²) in [5.74, 6) is 0.559. The van der Waals surface area contributed by atoms with Gasteiger partial charge in [-0.3, -0.25) is 9.59 Å². The van der Waals surface area contributed by atoms with Crippen molar-refractivity contribution >= 4 is 24.2 Å². The van der Waals surface area contributed by atoms with Crippen LogP contribution in [0.25, 0.3) is 0 Å². The first-order valence-corrected chi connectivity index (χ1v) is 7.92. The molecule has 0 aliphatic carbocycles. The van der Waals surface area contributed by atoms with Gasteiger partial charge in [0.25, 0.3) is 0 Å². The first-order chi connectivity index (χ1) is 11.0. The summed E-state index contributed by atoms with van der Waals surface area (Å²) in [5, 5.41) is 5.83. The number of amides is 2. The summed E-state index contributed by atoms with van der Waals surface area (Å²) in [6.45, 7) is 3.67. The minimum absolute atomic E-state index is 0. The van der Waals surface area contributed by atoms with Crippen LogP contribution in [-0.2, 0) is 16.1 Å². The number of benzene rings is 1. The molecule has 2 atom stereocenters. The zero-order chi connectivity index (χ0) is 16.8. The zero-order valence-electron chi connectivity index (χ0n) is 14.4. The minimum Gasteiger partial charge on any atom is -0.497 e. The topological polar surface area (TPSA) is 70.7 Å². The van der Waals surface area contributed by atoms with Crippen molar-refractivity contribution < 1.29 is 14.3 Å². The highest BCUT2D eigenvalue weighted by atomic mass is 35.5. The lowest BCUT2D eigenvalue weighted by atomic mass is 10.1. The van der Waals surface area contributed by atoms with Gasteiger partial charge in [0.05, 0.1) is 7.11 Å². The van der Waals surface area contributed by atoms with Crippen LogP contribution in [0.1, 0.15) is 18.9 Å². The Morgan fingerprint density at radius 2 is 2.04 bits per heavy atom. The molecule has 2 amide bonds. The molecule has 0 saturated carbocycles. The Hall–Kier alpha value is -1.79. The average Bonchev–Trinajstić information content (AvgIpc) is 2.89. The van der Waals surface area contributed by atoms with Crippen molar-refractivity contribution in [1.82, 2.24) is 15.5 Å². The van der Waals surface area contributed by atoms with Crippen molar-refractivity contribution in [3.05, 3.63) is 29.8 Å². The van der Waals surface area contributed by atoms with Gasteiger partial charge in [-0.05, 0) is 31.2 Å². The van der Waals surface area contributed by atoms with Gasteiger partial charge >= 0.3 is 0 Å². The van der Waals surface area contributed by atoms with E-state index < -0.39 is 6.04 Å². The number of likely N-dealkylation sites (tertiary alicyclic amines) is 1. The summed E-state index contributed by atoms with van der Waals surface area (Å²) in [5.41, 5.74) is 1.05. The highest BCUT2D eigenvalue weighted by Crippen LogP contribution is 2.18. The third-order valence-electron chi connectivity index (χ3n) is 4.10. The number of ether oxygens (including phenoxy) is 1. The van der Waals surface area contributed by atoms with E-state index in [0.29, 0.717) is 26.1 Å². The molecule has 1 fully saturated rings. The first-order valence-electron chi connectivity index (χ1n) is 7.92.